The smallest absolute Gasteiger partial charge is 0.387 e. The summed E-state index contributed by atoms with van der Waals surface area (Å²) in [4.78, 5) is 0. The molecule has 9 heteroatoms. The third-order valence-electron chi connectivity index (χ3n) is 3.75. The number of hydrogen-bond acceptors (Lipinski definition) is 5. The molecule has 0 atom stereocenters. The molecule has 0 fully saturated rings. The molecule has 0 aliphatic heterocycles. The fourth-order valence-corrected chi connectivity index (χ4v) is 3.41. The van der Waals surface area contributed by atoms with Crippen LogP contribution in [0.2, 0.25) is 5.02 Å². The first-order chi connectivity index (χ1) is 13.0. The number of thioether (sulfide) groups is 1. The van der Waals surface area contributed by atoms with Crippen molar-refractivity contribution in [2.75, 3.05) is 7.11 Å². The van der Waals surface area contributed by atoms with Crippen LogP contribution < -0.4 is 9.47 Å². The molecule has 3 rings (SSSR count). The Labute approximate surface area is 164 Å². The molecule has 0 saturated heterocycles. The van der Waals surface area contributed by atoms with Gasteiger partial charge in [-0.2, -0.15) is 8.78 Å². The third kappa shape index (κ3) is 4.70. The highest BCUT2D eigenvalue weighted by Crippen LogP contribution is 2.32. The first kappa shape index (κ1) is 19.4. The monoisotopic (exact) mass is 411 g/mol. The summed E-state index contributed by atoms with van der Waals surface area (Å²) in [6, 6.07) is 12.2. The number of rotatable bonds is 7. The van der Waals surface area contributed by atoms with Crippen molar-refractivity contribution < 1.29 is 18.3 Å². The second kappa shape index (κ2) is 8.58. The van der Waals surface area contributed by atoms with Gasteiger partial charge in [0.2, 0.25) is 0 Å². The molecule has 0 saturated carbocycles. The Hall–Kier alpha value is -2.32. The highest BCUT2D eigenvalue weighted by atomic mass is 35.5. The molecule has 1 heterocycles. The van der Waals surface area contributed by atoms with Gasteiger partial charge in [0.05, 0.1) is 7.11 Å². The molecule has 27 heavy (non-hydrogen) atoms. The number of nitrogens with zero attached hydrogens (tertiary/aromatic N) is 3. The lowest BCUT2D eigenvalue weighted by Gasteiger charge is -2.11. The summed E-state index contributed by atoms with van der Waals surface area (Å²) in [6.45, 7) is -2.90. The lowest BCUT2D eigenvalue weighted by Crippen LogP contribution is -2.03. The molecule has 0 spiro atoms. The SMILES string of the molecule is COc1cc(CSc2nnc(-c3ccc(Cl)cc3)n2C)ccc1OC(F)F. The summed E-state index contributed by atoms with van der Waals surface area (Å²) in [5.74, 6) is 1.56. The van der Waals surface area contributed by atoms with Gasteiger partial charge in [0.15, 0.2) is 22.5 Å². The van der Waals surface area contributed by atoms with Gasteiger partial charge in [-0.25, -0.2) is 0 Å². The van der Waals surface area contributed by atoms with E-state index in [1.54, 1.807) is 24.3 Å². The van der Waals surface area contributed by atoms with Gasteiger partial charge in [-0.15, -0.1) is 10.2 Å². The van der Waals surface area contributed by atoms with E-state index in [0.29, 0.717) is 10.8 Å². The molecule has 2 aromatic carbocycles. The number of aromatic nitrogens is 3. The topological polar surface area (TPSA) is 49.2 Å². The van der Waals surface area contributed by atoms with Crippen molar-refractivity contribution in [2.24, 2.45) is 7.05 Å². The zero-order valence-corrected chi connectivity index (χ0v) is 16.1. The Morgan fingerprint density at radius 2 is 1.85 bits per heavy atom. The maximum absolute atomic E-state index is 12.4. The highest BCUT2D eigenvalue weighted by molar-refractivity contribution is 7.98. The van der Waals surface area contributed by atoms with Crippen LogP contribution in [0.15, 0.2) is 47.6 Å². The number of hydrogen-bond donors (Lipinski definition) is 0. The average molecular weight is 412 g/mol. The lowest BCUT2D eigenvalue weighted by molar-refractivity contribution is -0.0512. The van der Waals surface area contributed by atoms with E-state index in [9.17, 15) is 8.78 Å². The van der Waals surface area contributed by atoms with E-state index in [1.165, 1.54) is 24.9 Å². The van der Waals surface area contributed by atoms with Crippen LogP contribution in [-0.4, -0.2) is 28.5 Å². The molecular weight excluding hydrogens is 396 g/mol. The second-order valence-corrected chi connectivity index (χ2v) is 6.90. The van der Waals surface area contributed by atoms with Gasteiger partial charge in [-0.1, -0.05) is 29.4 Å². The standard InChI is InChI=1S/C18H16ClF2N3O2S/c1-24-16(12-4-6-13(19)7-5-12)22-23-18(24)27-10-11-3-8-14(26-17(20)21)15(9-11)25-2/h3-9,17H,10H2,1-2H3. The van der Waals surface area contributed by atoms with Crippen molar-refractivity contribution in [3.8, 4) is 22.9 Å². The summed E-state index contributed by atoms with van der Waals surface area (Å²) in [6.07, 6.45) is 0. The minimum absolute atomic E-state index is 0.00457. The summed E-state index contributed by atoms with van der Waals surface area (Å²) in [7, 11) is 3.29. The van der Waals surface area contributed by atoms with Crippen molar-refractivity contribution in [1.82, 2.24) is 14.8 Å². The lowest BCUT2D eigenvalue weighted by atomic mass is 10.2. The van der Waals surface area contributed by atoms with Gasteiger partial charge in [0.25, 0.3) is 0 Å². The minimum atomic E-state index is -2.90. The van der Waals surface area contributed by atoms with Crippen molar-refractivity contribution in [3.63, 3.8) is 0 Å². The van der Waals surface area contributed by atoms with E-state index in [4.69, 9.17) is 16.3 Å². The molecule has 0 unspecified atom stereocenters. The van der Waals surface area contributed by atoms with Gasteiger partial charge < -0.3 is 14.0 Å². The molecule has 1 aromatic heterocycles. The predicted molar refractivity (Wildman–Crippen MR) is 101 cm³/mol. The van der Waals surface area contributed by atoms with E-state index in [-0.39, 0.29) is 11.5 Å². The Morgan fingerprint density at radius 1 is 1.11 bits per heavy atom. The molecule has 0 aliphatic carbocycles. The van der Waals surface area contributed by atoms with E-state index < -0.39 is 6.61 Å². The Balaban J connectivity index is 1.73. The summed E-state index contributed by atoms with van der Waals surface area (Å²) in [5.41, 5.74) is 1.80. The summed E-state index contributed by atoms with van der Waals surface area (Å²) >= 11 is 7.39. The minimum Gasteiger partial charge on any atom is -0.493 e. The number of benzene rings is 2. The van der Waals surface area contributed by atoms with E-state index >= 15 is 0 Å². The molecule has 3 aromatic rings. The molecule has 0 N–H and O–H groups in total. The first-order valence-corrected chi connectivity index (χ1v) is 9.24. The van der Waals surface area contributed by atoms with Crippen LogP contribution in [0.25, 0.3) is 11.4 Å². The van der Waals surface area contributed by atoms with Gasteiger partial charge in [0, 0.05) is 23.4 Å². The molecule has 0 amide bonds. The third-order valence-corrected chi connectivity index (χ3v) is 5.09. The van der Waals surface area contributed by atoms with Crippen molar-refractivity contribution in [1.29, 1.82) is 0 Å². The van der Waals surface area contributed by atoms with Gasteiger partial charge in [0.1, 0.15) is 0 Å². The second-order valence-electron chi connectivity index (χ2n) is 5.52. The average Bonchev–Trinajstić information content (AvgIpc) is 3.01. The van der Waals surface area contributed by atoms with Crippen molar-refractivity contribution >= 4 is 23.4 Å². The first-order valence-electron chi connectivity index (χ1n) is 7.88. The zero-order chi connectivity index (χ0) is 19.4. The Morgan fingerprint density at radius 3 is 2.52 bits per heavy atom. The number of alkyl halides is 2. The van der Waals surface area contributed by atoms with E-state index in [0.717, 1.165) is 22.1 Å². The predicted octanol–water partition coefficient (Wildman–Crippen LogP) is 5.04. The molecule has 5 nitrogen and oxygen atoms in total. The van der Waals surface area contributed by atoms with E-state index in [1.807, 2.05) is 23.7 Å². The molecule has 0 bridgehead atoms. The van der Waals surface area contributed by atoms with Crippen molar-refractivity contribution in [2.45, 2.75) is 17.5 Å². The molecule has 0 aliphatic rings. The fourth-order valence-electron chi connectivity index (χ4n) is 2.43. The van der Waals surface area contributed by atoms with Crippen LogP contribution in [-0.2, 0) is 12.8 Å². The van der Waals surface area contributed by atoms with Crippen LogP contribution in [0.1, 0.15) is 5.56 Å². The van der Waals surface area contributed by atoms with Crippen molar-refractivity contribution in [3.05, 3.63) is 53.1 Å². The van der Waals surface area contributed by atoms with E-state index in [2.05, 4.69) is 14.9 Å². The molecule has 0 radical (unpaired) electrons. The normalized spacial score (nSPS) is 11.0. The largest absolute Gasteiger partial charge is 0.493 e. The van der Waals surface area contributed by atoms with Gasteiger partial charge >= 0.3 is 6.61 Å². The molecule has 142 valence electrons. The summed E-state index contributed by atoms with van der Waals surface area (Å²) < 4.78 is 36.3. The number of methoxy groups -OCH3 is 1. The van der Waals surface area contributed by atoms with Crippen LogP contribution in [0.5, 0.6) is 11.5 Å². The van der Waals surface area contributed by atoms with Crippen LogP contribution in [0.3, 0.4) is 0 Å². The quantitative estimate of drug-likeness (QED) is 0.510. The maximum Gasteiger partial charge on any atom is 0.387 e. The Bertz CT molecular complexity index is 919. The van der Waals surface area contributed by atoms with Gasteiger partial charge in [-0.05, 0) is 42.0 Å². The van der Waals surface area contributed by atoms with Crippen LogP contribution >= 0.6 is 23.4 Å². The Kier molecular flexibility index (Phi) is 6.18. The van der Waals surface area contributed by atoms with Crippen LogP contribution in [0, 0.1) is 0 Å². The zero-order valence-electron chi connectivity index (χ0n) is 14.5. The highest BCUT2D eigenvalue weighted by Gasteiger charge is 2.14. The van der Waals surface area contributed by atoms with Gasteiger partial charge in [-0.3, -0.25) is 0 Å². The molecular formula is C18H16ClF2N3O2S. The number of ether oxygens (including phenoxy) is 2. The van der Waals surface area contributed by atoms with Crippen LogP contribution in [0.4, 0.5) is 8.78 Å². The maximum atomic E-state index is 12.4. The fraction of sp³-hybridized carbons (Fsp3) is 0.222. The summed E-state index contributed by atoms with van der Waals surface area (Å²) in [5, 5.41) is 9.83. The number of halogens is 3.